The van der Waals surface area contributed by atoms with E-state index in [0.29, 0.717) is 5.69 Å². The van der Waals surface area contributed by atoms with E-state index in [2.05, 4.69) is 16.7 Å². The summed E-state index contributed by atoms with van der Waals surface area (Å²) in [5.74, 6) is -0.874. The molecule has 0 bridgehead atoms. The molecule has 1 aliphatic rings. The molecule has 25 heavy (non-hydrogen) atoms. The zero-order valence-corrected chi connectivity index (χ0v) is 15.4. The molecule has 1 aliphatic heterocycles. The molecule has 0 amide bonds. The van der Waals surface area contributed by atoms with Crippen molar-refractivity contribution >= 4 is 33.0 Å². The van der Waals surface area contributed by atoms with Crippen molar-refractivity contribution in [3.8, 4) is 0 Å². The number of quaternary nitrogens is 1. The first-order chi connectivity index (χ1) is 11.9. The van der Waals surface area contributed by atoms with E-state index in [1.807, 2.05) is 12.1 Å². The van der Waals surface area contributed by atoms with Crippen molar-refractivity contribution in [3.05, 3.63) is 53.3 Å². The minimum atomic E-state index is -4.05. The summed E-state index contributed by atoms with van der Waals surface area (Å²) in [6.07, 6.45) is 0. The van der Waals surface area contributed by atoms with Crippen molar-refractivity contribution < 1.29 is 17.7 Å². The Morgan fingerprint density at radius 2 is 1.84 bits per heavy atom. The van der Waals surface area contributed by atoms with Gasteiger partial charge in [0.2, 0.25) is 0 Å². The number of rotatable bonds is 4. The molecule has 0 atom stereocenters. The van der Waals surface area contributed by atoms with Crippen molar-refractivity contribution in [2.24, 2.45) is 0 Å². The van der Waals surface area contributed by atoms with E-state index in [9.17, 15) is 12.8 Å². The van der Waals surface area contributed by atoms with Gasteiger partial charge >= 0.3 is 0 Å². The second kappa shape index (κ2) is 7.19. The van der Waals surface area contributed by atoms with Crippen LogP contribution in [0.1, 0.15) is 0 Å². The normalized spacial score (nSPS) is 16.0. The van der Waals surface area contributed by atoms with Gasteiger partial charge in [0.15, 0.2) is 0 Å². The van der Waals surface area contributed by atoms with Gasteiger partial charge in [0.25, 0.3) is 10.0 Å². The van der Waals surface area contributed by atoms with E-state index >= 15 is 0 Å². The molecule has 134 valence electrons. The Hall–Kier alpha value is -1.83. The fraction of sp³-hybridized carbons (Fsp3) is 0.294. The average molecular weight is 385 g/mol. The van der Waals surface area contributed by atoms with E-state index in [1.54, 1.807) is 12.1 Å². The van der Waals surface area contributed by atoms with Crippen LogP contribution in [0.3, 0.4) is 0 Å². The third-order valence-electron chi connectivity index (χ3n) is 4.29. The molecule has 0 spiro atoms. The molecule has 2 aromatic carbocycles. The van der Waals surface area contributed by atoms with E-state index in [0.717, 1.165) is 37.9 Å². The fourth-order valence-corrected chi connectivity index (χ4v) is 4.15. The number of likely N-dealkylation sites (N-methyl/N-ethyl adjacent to an activating group) is 1. The SMILES string of the molecule is C[NH+]1CCN(c2ccccc2NS(=O)(=O)c2ccc(Cl)cc2F)CC1. The Morgan fingerprint density at radius 3 is 2.52 bits per heavy atom. The van der Waals surface area contributed by atoms with Gasteiger partial charge in [-0.1, -0.05) is 23.7 Å². The molecule has 2 aromatic rings. The van der Waals surface area contributed by atoms with Gasteiger partial charge in [-0.05, 0) is 30.3 Å². The Morgan fingerprint density at radius 1 is 1.16 bits per heavy atom. The van der Waals surface area contributed by atoms with Gasteiger partial charge in [-0.25, -0.2) is 12.8 Å². The molecular formula is C17H20ClFN3O2S+. The molecule has 8 heteroatoms. The molecule has 0 unspecified atom stereocenters. The number of nitrogens with one attached hydrogen (secondary N) is 2. The first kappa shape index (κ1) is 18.0. The van der Waals surface area contributed by atoms with E-state index in [4.69, 9.17) is 11.6 Å². The molecule has 1 heterocycles. The van der Waals surface area contributed by atoms with Crippen molar-refractivity contribution in [1.82, 2.24) is 0 Å². The standard InChI is InChI=1S/C17H19ClFN3O2S/c1-21-8-10-22(11-9-21)16-5-3-2-4-15(16)20-25(23,24)17-7-6-13(18)12-14(17)19/h2-7,12,20H,8-11H2,1H3/p+1. The number of hydrogen-bond acceptors (Lipinski definition) is 3. The van der Waals surface area contributed by atoms with Gasteiger partial charge in [-0.15, -0.1) is 0 Å². The maximum Gasteiger partial charge on any atom is 0.264 e. The lowest BCUT2D eigenvalue weighted by Crippen LogP contribution is -3.12. The zero-order valence-electron chi connectivity index (χ0n) is 13.8. The van der Waals surface area contributed by atoms with Crippen molar-refractivity contribution in [3.63, 3.8) is 0 Å². The van der Waals surface area contributed by atoms with Gasteiger partial charge in [-0.3, -0.25) is 4.72 Å². The van der Waals surface area contributed by atoms with Crippen LogP contribution in [0.5, 0.6) is 0 Å². The number of nitrogens with zero attached hydrogens (tertiary/aromatic N) is 1. The summed E-state index contributed by atoms with van der Waals surface area (Å²) in [5, 5.41) is 0.150. The third-order valence-corrected chi connectivity index (χ3v) is 5.92. The molecule has 2 N–H and O–H groups in total. The minimum Gasteiger partial charge on any atom is -0.359 e. The number of benzene rings is 2. The maximum absolute atomic E-state index is 14.0. The van der Waals surface area contributed by atoms with Crippen LogP contribution in [-0.2, 0) is 10.0 Å². The number of sulfonamides is 1. The summed E-state index contributed by atoms with van der Waals surface area (Å²) in [6.45, 7) is 3.62. The Labute approximate surface area is 152 Å². The Kier molecular flexibility index (Phi) is 5.17. The van der Waals surface area contributed by atoms with Crippen LogP contribution < -0.4 is 14.5 Å². The smallest absolute Gasteiger partial charge is 0.264 e. The molecule has 1 fully saturated rings. The highest BCUT2D eigenvalue weighted by atomic mass is 35.5. The predicted molar refractivity (Wildman–Crippen MR) is 97.5 cm³/mol. The third kappa shape index (κ3) is 4.05. The number of piperazine rings is 1. The number of hydrogen-bond donors (Lipinski definition) is 2. The average Bonchev–Trinajstić information content (AvgIpc) is 2.55. The molecule has 0 aromatic heterocycles. The van der Waals surface area contributed by atoms with Crippen molar-refractivity contribution in [2.75, 3.05) is 42.8 Å². The lowest BCUT2D eigenvalue weighted by Gasteiger charge is -2.33. The topological polar surface area (TPSA) is 53.9 Å². The summed E-state index contributed by atoms with van der Waals surface area (Å²) >= 11 is 5.70. The molecule has 0 radical (unpaired) electrons. The monoisotopic (exact) mass is 384 g/mol. The first-order valence-corrected chi connectivity index (χ1v) is 9.86. The van der Waals surface area contributed by atoms with Crippen LogP contribution in [0, 0.1) is 5.82 Å². The van der Waals surface area contributed by atoms with Crippen LogP contribution in [0.25, 0.3) is 0 Å². The largest absolute Gasteiger partial charge is 0.359 e. The quantitative estimate of drug-likeness (QED) is 0.842. The summed E-state index contributed by atoms with van der Waals surface area (Å²) < 4.78 is 41.8. The molecule has 5 nitrogen and oxygen atoms in total. The fourth-order valence-electron chi connectivity index (χ4n) is 2.86. The second-order valence-corrected chi connectivity index (χ2v) is 8.23. The first-order valence-electron chi connectivity index (χ1n) is 8.00. The van der Waals surface area contributed by atoms with Gasteiger partial charge in [0, 0.05) is 5.02 Å². The van der Waals surface area contributed by atoms with Crippen molar-refractivity contribution in [1.29, 1.82) is 0 Å². The summed E-state index contributed by atoms with van der Waals surface area (Å²) in [5.41, 5.74) is 1.24. The van der Waals surface area contributed by atoms with Gasteiger partial charge in [-0.2, -0.15) is 0 Å². The van der Waals surface area contributed by atoms with Crippen LogP contribution in [-0.4, -0.2) is 41.6 Å². The number of halogens is 2. The highest BCUT2D eigenvalue weighted by molar-refractivity contribution is 7.92. The number of anilines is 2. The Balaban J connectivity index is 1.90. The molecular weight excluding hydrogens is 365 g/mol. The van der Waals surface area contributed by atoms with E-state index in [1.165, 1.54) is 17.0 Å². The molecule has 3 rings (SSSR count). The summed E-state index contributed by atoms with van der Waals surface area (Å²) in [6, 6.07) is 10.7. The molecule has 0 saturated carbocycles. The second-order valence-electron chi connectivity index (χ2n) is 6.14. The van der Waals surface area contributed by atoms with E-state index < -0.39 is 20.7 Å². The van der Waals surface area contributed by atoms with Crippen LogP contribution in [0.2, 0.25) is 5.02 Å². The molecule has 0 aliphatic carbocycles. The van der Waals surface area contributed by atoms with Gasteiger partial charge in [0.1, 0.15) is 10.7 Å². The van der Waals surface area contributed by atoms with Crippen LogP contribution in [0.4, 0.5) is 15.8 Å². The number of para-hydroxylation sites is 2. The maximum atomic E-state index is 14.0. The van der Waals surface area contributed by atoms with Crippen LogP contribution in [0.15, 0.2) is 47.4 Å². The van der Waals surface area contributed by atoms with Gasteiger partial charge in [0.05, 0.1) is 44.6 Å². The van der Waals surface area contributed by atoms with Crippen LogP contribution >= 0.6 is 11.6 Å². The summed E-state index contributed by atoms with van der Waals surface area (Å²) in [4.78, 5) is 3.16. The van der Waals surface area contributed by atoms with Crippen molar-refractivity contribution in [2.45, 2.75) is 4.90 Å². The van der Waals surface area contributed by atoms with E-state index in [-0.39, 0.29) is 5.02 Å². The lowest BCUT2D eigenvalue weighted by molar-refractivity contribution is -0.880. The zero-order chi connectivity index (χ0) is 18.0. The lowest BCUT2D eigenvalue weighted by atomic mass is 10.2. The van der Waals surface area contributed by atoms with Gasteiger partial charge < -0.3 is 9.80 Å². The highest BCUT2D eigenvalue weighted by Gasteiger charge is 2.23. The minimum absolute atomic E-state index is 0.150. The molecule has 1 saturated heterocycles. The summed E-state index contributed by atoms with van der Waals surface area (Å²) in [7, 11) is -1.91. The predicted octanol–water partition coefficient (Wildman–Crippen LogP) is 1.61. The Bertz CT molecular complexity index is 868. The highest BCUT2D eigenvalue weighted by Crippen LogP contribution is 2.29.